The molecule has 0 aromatic carbocycles. The third kappa shape index (κ3) is 3.61. The van der Waals surface area contributed by atoms with E-state index in [0.29, 0.717) is 18.9 Å². The van der Waals surface area contributed by atoms with Crippen LogP contribution in [0.5, 0.6) is 0 Å². The lowest BCUT2D eigenvalue weighted by molar-refractivity contribution is 0.0822. The average molecular weight is 384 g/mol. The molecule has 0 aliphatic carbocycles. The summed E-state index contributed by atoms with van der Waals surface area (Å²) < 4.78 is 13.2. The van der Waals surface area contributed by atoms with Gasteiger partial charge < -0.3 is 14.6 Å². The second-order valence-electron chi connectivity index (χ2n) is 5.50. The Labute approximate surface area is 141 Å². The van der Waals surface area contributed by atoms with Crippen LogP contribution in [0.2, 0.25) is 0 Å². The van der Waals surface area contributed by atoms with Crippen LogP contribution in [0.25, 0.3) is 0 Å². The third-order valence-electron chi connectivity index (χ3n) is 3.76. The molecule has 2 aromatic heterocycles. The minimum Gasteiger partial charge on any atom is -0.376 e. The fraction of sp³-hybridized carbons (Fsp3) is 0.571. The molecule has 3 heterocycles. The first kappa shape index (κ1) is 16.1. The van der Waals surface area contributed by atoms with Crippen LogP contribution >= 0.6 is 15.9 Å². The molecule has 0 radical (unpaired) electrons. The first-order valence-electron chi connectivity index (χ1n) is 7.46. The number of carbonyl (C=O) groups excluding carboxylic acids is 1. The highest BCUT2D eigenvalue weighted by Gasteiger charge is 2.20. The predicted octanol–water partition coefficient (Wildman–Crippen LogP) is 1.60. The highest BCUT2D eigenvalue weighted by Crippen LogP contribution is 2.20. The molecule has 9 heteroatoms. The molecular weight excluding hydrogens is 366 g/mol. The van der Waals surface area contributed by atoms with Crippen molar-refractivity contribution in [3.63, 3.8) is 0 Å². The summed E-state index contributed by atoms with van der Waals surface area (Å²) in [6, 6.07) is 0. The van der Waals surface area contributed by atoms with Crippen molar-refractivity contribution in [3.8, 4) is 0 Å². The van der Waals surface area contributed by atoms with E-state index in [2.05, 4.69) is 36.5 Å². The highest BCUT2D eigenvalue weighted by atomic mass is 79.9. The summed E-state index contributed by atoms with van der Waals surface area (Å²) in [5.41, 5.74) is 1.86. The van der Waals surface area contributed by atoms with Gasteiger partial charge in [0, 0.05) is 13.2 Å². The summed E-state index contributed by atoms with van der Waals surface area (Å²) in [4.78, 5) is 16.1. The predicted molar refractivity (Wildman–Crippen MR) is 84.1 cm³/mol. The number of amides is 1. The Kier molecular flexibility index (Phi) is 4.76. The Bertz CT molecular complexity index is 705. The van der Waals surface area contributed by atoms with E-state index < -0.39 is 0 Å². The second-order valence-corrected chi connectivity index (χ2v) is 6.30. The van der Waals surface area contributed by atoms with E-state index in [9.17, 15) is 4.79 Å². The number of rotatable bonds is 5. The Morgan fingerprint density at radius 2 is 2.30 bits per heavy atom. The van der Waals surface area contributed by atoms with Crippen molar-refractivity contribution in [2.75, 3.05) is 13.2 Å². The van der Waals surface area contributed by atoms with E-state index >= 15 is 0 Å². The van der Waals surface area contributed by atoms with Gasteiger partial charge in [-0.3, -0.25) is 9.48 Å². The van der Waals surface area contributed by atoms with Gasteiger partial charge in [-0.05, 0) is 42.6 Å². The number of hydrogen-bond donors (Lipinski definition) is 1. The third-order valence-corrected chi connectivity index (χ3v) is 4.91. The number of nitrogens with zero attached hydrogens (tertiary/aromatic N) is 4. The zero-order valence-corrected chi connectivity index (χ0v) is 14.6. The zero-order chi connectivity index (χ0) is 16.4. The molecule has 0 unspecified atom stereocenters. The van der Waals surface area contributed by atoms with Crippen molar-refractivity contribution in [3.05, 3.63) is 27.6 Å². The Balaban J connectivity index is 1.60. The molecule has 1 fully saturated rings. The molecule has 0 bridgehead atoms. The standard InChI is InChI=1S/C14H18BrN5O3/c1-8-12(15)9(2)20(18-8)7-11-17-14(23-19-11)13(21)16-6-10-4-3-5-22-10/h10H,3-7H2,1-2H3,(H,16,21)/t10-/m1/s1. The second kappa shape index (κ2) is 6.79. The molecule has 1 aliphatic heterocycles. The van der Waals surface area contributed by atoms with Crippen LogP contribution in [-0.2, 0) is 11.3 Å². The number of nitrogens with one attached hydrogen (secondary N) is 1. The van der Waals surface area contributed by atoms with Crippen LogP contribution in [0.3, 0.4) is 0 Å². The smallest absolute Gasteiger partial charge is 0.316 e. The molecule has 1 N–H and O–H groups in total. The van der Waals surface area contributed by atoms with E-state index in [1.807, 2.05) is 13.8 Å². The number of ether oxygens (including phenoxy) is 1. The van der Waals surface area contributed by atoms with Crippen LogP contribution in [0.15, 0.2) is 9.00 Å². The Morgan fingerprint density at radius 1 is 1.48 bits per heavy atom. The quantitative estimate of drug-likeness (QED) is 0.842. The van der Waals surface area contributed by atoms with Crippen molar-refractivity contribution < 1.29 is 14.1 Å². The molecule has 0 spiro atoms. The Hall–Kier alpha value is -1.74. The van der Waals surface area contributed by atoms with Crippen LogP contribution in [0.1, 0.15) is 40.7 Å². The lowest BCUT2D eigenvalue weighted by Crippen LogP contribution is -2.31. The zero-order valence-electron chi connectivity index (χ0n) is 13.0. The molecule has 1 amide bonds. The van der Waals surface area contributed by atoms with Crippen LogP contribution < -0.4 is 5.32 Å². The Morgan fingerprint density at radius 3 is 2.96 bits per heavy atom. The molecule has 124 valence electrons. The van der Waals surface area contributed by atoms with E-state index in [0.717, 1.165) is 35.3 Å². The fourth-order valence-electron chi connectivity index (χ4n) is 2.46. The lowest BCUT2D eigenvalue weighted by Gasteiger charge is -2.08. The van der Waals surface area contributed by atoms with Gasteiger partial charge in [0.05, 0.1) is 22.0 Å². The summed E-state index contributed by atoms with van der Waals surface area (Å²) in [5, 5.41) is 11.0. The first-order valence-corrected chi connectivity index (χ1v) is 8.26. The largest absolute Gasteiger partial charge is 0.376 e. The molecule has 2 aromatic rings. The summed E-state index contributed by atoms with van der Waals surface area (Å²) in [7, 11) is 0. The van der Waals surface area contributed by atoms with Gasteiger partial charge >= 0.3 is 11.8 Å². The molecule has 1 saturated heterocycles. The lowest BCUT2D eigenvalue weighted by atomic mass is 10.2. The monoisotopic (exact) mass is 383 g/mol. The van der Waals surface area contributed by atoms with Crippen molar-refractivity contribution in [2.24, 2.45) is 0 Å². The number of carbonyl (C=O) groups is 1. The van der Waals surface area contributed by atoms with Crippen LogP contribution in [-0.4, -0.2) is 45.1 Å². The van der Waals surface area contributed by atoms with Gasteiger partial charge in [-0.2, -0.15) is 10.1 Å². The topological polar surface area (TPSA) is 95.1 Å². The molecule has 8 nitrogen and oxygen atoms in total. The van der Waals surface area contributed by atoms with Gasteiger partial charge in [0.1, 0.15) is 6.54 Å². The summed E-state index contributed by atoms with van der Waals surface area (Å²) in [5.74, 6) is -0.0160. The van der Waals surface area contributed by atoms with E-state index in [-0.39, 0.29) is 17.9 Å². The average Bonchev–Trinajstić information content (AvgIpc) is 3.25. The number of aromatic nitrogens is 4. The molecule has 23 heavy (non-hydrogen) atoms. The maximum atomic E-state index is 12.0. The fourth-order valence-corrected chi connectivity index (χ4v) is 2.74. The normalized spacial score (nSPS) is 17.6. The summed E-state index contributed by atoms with van der Waals surface area (Å²) >= 11 is 3.47. The molecule has 1 atom stereocenters. The van der Waals surface area contributed by atoms with Crippen molar-refractivity contribution in [1.82, 2.24) is 25.2 Å². The maximum Gasteiger partial charge on any atom is 0.316 e. The molecule has 0 saturated carbocycles. The van der Waals surface area contributed by atoms with Gasteiger partial charge in [-0.25, -0.2) is 0 Å². The summed E-state index contributed by atoms with van der Waals surface area (Å²) in [6.45, 7) is 5.42. The number of halogens is 1. The van der Waals surface area contributed by atoms with E-state index in [4.69, 9.17) is 9.26 Å². The van der Waals surface area contributed by atoms with Crippen molar-refractivity contribution in [2.45, 2.75) is 39.3 Å². The van der Waals surface area contributed by atoms with Gasteiger partial charge in [0.25, 0.3) is 0 Å². The van der Waals surface area contributed by atoms with Gasteiger partial charge in [-0.1, -0.05) is 5.16 Å². The van der Waals surface area contributed by atoms with Crippen molar-refractivity contribution >= 4 is 21.8 Å². The van der Waals surface area contributed by atoms with Gasteiger partial charge in [0.2, 0.25) is 0 Å². The SMILES string of the molecule is Cc1nn(Cc2noc(C(=O)NC[C@H]3CCCO3)n2)c(C)c1Br. The van der Waals surface area contributed by atoms with Gasteiger partial charge in [0.15, 0.2) is 5.82 Å². The first-order chi connectivity index (χ1) is 11.0. The highest BCUT2D eigenvalue weighted by molar-refractivity contribution is 9.10. The van der Waals surface area contributed by atoms with E-state index in [1.165, 1.54) is 0 Å². The van der Waals surface area contributed by atoms with Crippen molar-refractivity contribution in [1.29, 1.82) is 0 Å². The van der Waals surface area contributed by atoms with E-state index in [1.54, 1.807) is 4.68 Å². The molecular formula is C14H18BrN5O3. The molecule has 1 aliphatic rings. The van der Waals surface area contributed by atoms with Crippen LogP contribution in [0, 0.1) is 13.8 Å². The van der Waals surface area contributed by atoms with Crippen LogP contribution in [0.4, 0.5) is 0 Å². The minimum atomic E-state index is -0.381. The van der Waals surface area contributed by atoms with Gasteiger partial charge in [-0.15, -0.1) is 0 Å². The maximum absolute atomic E-state index is 12.0. The number of aryl methyl sites for hydroxylation is 1. The summed E-state index contributed by atoms with van der Waals surface area (Å²) in [6.07, 6.45) is 2.07. The number of hydrogen-bond acceptors (Lipinski definition) is 6. The molecule has 3 rings (SSSR count). The minimum absolute atomic E-state index is 0.0430.